The highest BCUT2D eigenvalue weighted by atomic mass is 16.5. The van der Waals surface area contributed by atoms with Crippen LogP contribution in [0.25, 0.3) is 0 Å². The maximum Gasteiger partial charge on any atom is 0.166 e. The van der Waals surface area contributed by atoms with Crippen LogP contribution >= 0.6 is 0 Å². The summed E-state index contributed by atoms with van der Waals surface area (Å²) in [5.74, 6) is 1.80. The van der Waals surface area contributed by atoms with Gasteiger partial charge in [-0.1, -0.05) is 19.1 Å². The second kappa shape index (κ2) is 4.91. The van der Waals surface area contributed by atoms with Gasteiger partial charge in [-0.2, -0.15) is 0 Å². The van der Waals surface area contributed by atoms with Gasteiger partial charge in [0, 0.05) is 11.5 Å². The van der Waals surface area contributed by atoms with Gasteiger partial charge in [-0.25, -0.2) is 0 Å². The van der Waals surface area contributed by atoms with Crippen LogP contribution in [0.5, 0.6) is 5.75 Å². The molecule has 0 N–H and O–H groups in total. The number of benzene rings is 1. The minimum atomic E-state index is 0.140. The van der Waals surface area contributed by atoms with E-state index in [0.717, 1.165) is 11.3 Å². The smallest absolute Gasteiger partial charge is 0.166 e. The first-order valence-corrected chi connectivity index (χ1v) is 6.39. The van der Waals surface area contributed by atoms with Gasteiger partial charge in [0.2, 0.25) is 0 Å². The third kappa shape index (κ3) is 3.09. The Bertz CT molecular complexity index is 405. The first-order valence-electron chi connectivity index (χ1n) is 6.39. The van der Waals surface area contributed by atoms with Gasteiger partial charge in [-0.05, 0) is 44.7 Å². The van der Waals surface area contributed by atoms with E-state index in [0.29, 0.717) is 5.92 Å². The van der Waals surface area contributed by atoms with E-state index in [9.17, 15) is 4.79 Å². The summed E-state index contributed by atoms with van der Waals surface area (Å²) in [7, 11) is 0. The van der Waals surface area contributed by atoms with E-state index in [4.69, 9.17) is 4.74 Å². The zero-order valence-electron chi connectivity index (χ0n) is 10.8. The molecule has 1 aliphatic carbocycles. The molecule has 1 aliphatic rings. The molecule has 1 unspecified atom stereocenters. The molecule has 0 spiro atoms. The molecule has 92 valence electrons. The monoisotopic (exact) mass is 232 g/mol. The van der Waals surface area contributed by atoms with Crippen molar-refractivity contribution in [3.05, 3.63) is 29.8 Å². The van der Waals surface area contributed by atoms with Crippen molar-refractivity contribution in [3.63, 3.8) is 0 Å². The van der Waals surface area contributed by atoms with Crippen molar-refractivity contribution in [2.24, 2.45) is 11.8 Å². The number of carbonyl (C=O) groups is 1. The van der Waals surface area contributed by atoms with Crippen LogP contribution in [0, 0.1) is 11.8 Å². The summed E-state index contributed by atoms with van der Waals surface area (Å²) in [6.07, 6.45) is 2.55. The normalized spacial score (nSPS) is 16.9. The average Bonchev–Trinajstić information content (AvgIpc) is 3.10. The van der Waals surface area contributed by atoms with E-state index < -0.39 is 0 Å². The fraction of sp³-hybridized carbons (Fsp3) is 0.533. The average molecular weight is 232 g/mol. The molecule has 2 heteroatoms. The van der Waals surface area contributed by atoms with Crippen LogP contribution < -0.4 is 4.74 Å². The van der Waals surface area contributed by atoms with E-state index in [1.165, 1.54) is 12.8 Å². The Morgan fingerprint density at radius 3 is 2.59 bits per heavy atom. The molecule has 0 bridgehead atoms. The Hall–Kier alpha value is -1.31. The van der Waals surface area contributed by atoms with E-state index >= 15 is 0 Å². The summed E-state index contributed by atoms with van der Waals surface area (Å²) in [5, 5.41) is 0. The maximum absolute atomic E-state index is 12.2. The molecule has 0 heterocycles. The van der Waals surface area contributed by atoms with Gasteiger partial charge >= 0.3 is 0 Å². The number of carbonyl (C=O) groups excluding carboxylic acids is 1. The fourth-order valence-corrected chi connectivity index (χ4v) is 2.07. The van der Waals surface area contributed by atoms with Crippen molar-refractivity contribution >= 4 is 5.78 Å². The Morgan fingerprint density at radius 1 is 1.29 bits per heavy atom. The van der Waals surface area contributed by atoms with Gasteiger partial charge in [0.1, 0.15) is 5.75 Å². The molecule has 0 radical (unpaired) electrons. The summed E-state index contributed by atoms with van der Waals surface area (Å²) in [6.45, 7) is 6.01. The Kier molecular flexibility index (Phi) is 3.51. The minimum Gasteiger partial charge on any atom is -0.491 e. The number of hydrogen-bond donors (Lipinski definition) is 0. The predicted octanol–water partition coefficient (Wildman–Crippen LogP) is 3.70. The molecule has 1 saturated carbocycles. The zero-order valence-corrected chi connectivity index (χ0v) is 10.8. The molecule has 2 rings (SSSR count). The van der Waals surface area contributed by atoms with Crippen LogP contribution in [0.4, 0.5) is 0 Å². The molecule has 0 aliphatic heterocycles. The third-order valence-electron chi connectivity index (χ3n) is 3.23. The van der Waals surface area contributed by atoms with Crippen LogP contribution in [-0.4, -0.2) is 11.9 Å². The van der Waals surface area contributed by atoms with Crippen LogP contribution in [-0.2, 0) is 0 Å². The van der Waals surface area contributed by atoms with Gasteiger partial charge in [0.25, 0.3) is 0 Å². The Balaban J connectivity index is 2.11. The Labute approximate surface area is 103 Å². The van der Waals surface area contributed by atoms with Gasteiger partial charge < -0.3 is 4.74 Å². The number of ether oxygens (including phenoxy) is 1. The van der Waals surface area contributed by atoms with Crippen molar-refractivity contribution in [1.29, 1.82) is 0 Å². The van der Waals surface area contributed by atoms with E-state index in [-0.39, 0.29) is 17.8 Å². The lowest BCUT2D eigenvalue weighted by molar-refractivity contribution is 0.0915. The lowest BCUT2D eigenvalue weighted by atomic mass is 9.95. The van der Waals surface area contributed by atoms with Gasteiger partial charge in [0.05, 0.1) is 6.10 Å². The molecular weight excluding hydrogens is 212 g/mol. The molecule has 2 nitrogen and oxygen atoms in total. The van der Waals surface area contributed by atoms with Crippen LogP contribution in [0.15, 0.2) is 24.3 Å². The van der Waals surface area contributed by atoms with Crippen LogP contribution in [0.1, 0.15) is 44.0 Å². The van der Waals surface area contributed by atoms with Gasteiger partial charge in [-0.15, -0.1) is 0 Å². The van der Waals surface area contributed by atoms with Gasteiger partial charge in [-0.3, -0.25) is 4.79 Å². The second-order valence-electron chi connectivity index (χ2n) is 5.18. The standard InChI is InChI=1S/C15H20O2/c1-10(2)17-14-6-4-5-13(9-14)15(16)11(3)12-7-8-12/h4-6,9-12H,7-8H2,1-3H3. The largest absolute Gasteiger partial charge is 0.491 e. The lowest BCUT2D eigenvalue weighted by Crippen LogP contribution is -2.13. The molecule has 1 atom stereocenters. The van der Waals surface area contributed by atoms with Gasteiger partial charge in [0.15, 0.2) is 5.78 Å². The fourth-order valence-electron chi connectivity index (χ4n) is 2.07. The van der Waals surface area contributed by atoms with Crippen molar-refractivity contribution in [2.75, 3.05) is 0 Å². The maximum atomic E-state index is 12.2. The summed E-state index contributed by atoms with van der Waals surface area (Å²) in [5.41, 5.74) is 0.780. The quantitative estimate of drug-likeness (QED) is 0.723. The first-order chi connectivity index (χ1) is 8.08. The van der Waals surface area contributed by atoms with Crippen molar-refractivity contribution in [3.8, 4) is 5.75 Å². The topological polar surface area (TPSA) is 26.3 Å². The number of hydrogen-bond acceptors (Lipinski definition) is 2. The highest BCUT2D eigenvalue weighted by Crippen LogP contribution is 2.38. The summed E-state index contributed by atoms with van der Waals surface area (Å²) in [6, 6.07) is 7.54. The second-order valence-corrected chi connectivity index (χ2v) is 5.18. The predicted molar refractivity (Wildman–Crippen MR) is 68.4 cm³/mol. The molecule has 1 aromatic carbocycles. The number of rotatable bonds is 5. The molecule has 0 aromatic heterocycles. The molecule has 1 fully saturated rings. The SMILES string of the molecule is CC(C)Oc1cccc(C(=O)C(C)C2CC2)c1. The zero-order chi connectivity index (χ0) is 12.4. The number of ketones is 1. The van der Waals surface area contributed by atoms with E-state index in [1.807, 2.05) is 45.0 Å². The van der Waals surface area contributed by atoms with E-state index in [2.05, 4.69) is 0 Å². The highest BCUT2D eigenvalue weighted by Gasteiger charge is 2.32. The third-order valence-corrected chi connectivity index (χ3v) is 3.23. The first kappa shape index (κ1) is 12.2. The molecular formula is C15H20O2. The molecule has 0 amide bonds. The summed E-state index contributed by atoms with van der Waals surface area (Å²) >= 11 is 0. The van der Waals surface area contributed by atoms with Crippen molar-refractivity contribution < 1.29 is 9.53 Å². The van der Waals surface area contributed by atoms with Crippen LogP contribution in [0.3, 0.4) is 0 Å². The molecule has 1 aromatic rings. The lowest BCUT2D eigenvalue weighted by Gasteiger charge is -2.12. The van der Waals surface area contributed by atoms with Crippen molar-refractivity contribution in [2.45, 2.75) is 39.7 Å². The Morgan fingerprint density at radius 2 is 2.00 bits per heavy atom. The summed E-state index contributed by atoms with van der Waals surface area (Å²) in [4.78, 5) is 12.2. The minimum absolute atomic E-state index is 0.140. The number of Topliss-reactive ketones (excluding diaryl/α,β-unsaturated/α-hetero) is 1. The van der Waals surface area contributed by atoms with E-state index in [1.54, 1.807) is 0 Å². The highest BCUT2D eigenvalue weighted by molar-refractivity contribution is 5.98. The summed E-state index contributed by atoms with van der Waals surface area (Å²) < 4.78 is 5.61. The molecule has 0 saturated heterocycles. The molecule has 17 heavy (non-hydrogen) atoms. The van der Waals surface area contributed by atoms with Crippen LogP contribution in [0.2, 0.25) is 0 Å². The van der Waals surface area contributed by atoms with Crippen molar-refractivity contribution in [1.82, 2.24) is 0 Å².